The van der Waals surface area contributed by atoms with Gasteiger partial charge in [0.2, 0.25) is 0 Å². The van der Waals surface area contributed by atoms with Crippen LogP contribution in [0.2, 0.25) is 0 Å². The third-order valence-corrected chi connectivity index (χ3v) is 4.90. The average molecular weight is 504 g/mol. The highest BCUT2D eigenvalue weighted by Gasteiger charge is 2.19. The number of rotatable bonds is 7. The minimum Gasteiger partial charge on any atom is -0.488 e. The minimum atomic E-state index is 0. The molecule has 1 aromatic carbocycles. The summed E-state index contributed by atoms with van der Waals surface area (Å²) in [6.07, 6.45) is 1.10. The van der Waals surface area contributed by atoms with Crippen molar-refractivity contribution in [2.45, 2.75) is 26.0 Å². The molecule has 0 radical (unpaired) electrons. The van der Waals surface area contributed by atoms with E-state index >= 15 is 0 Å². The smallest absolute Gasteiger partial charge is 0.191 e. The van der Waals surface area contributed by atoms with Crippen molar-refractivity contribution >= 4 is 29.9 Å². The van der Waals surface area contributed by atoms with Crippen LogP contribution < -0.4 is 15.4 Å². The summed E-state index contributed by atoms with van der Waals surface area (Å²) in [6.45, 7) is 9.72. The molecule has 0 aromatic heterocycles. The van der Waals surface area contributed by atoms with E-state index < -0.39 is 0 Å². The van der Waals surface area contributed by atoms with Gasteiger partial charge in [-0.3, -0.25) is 9.89 Å². The molecular weight excluding hydrogens is 471 g/mol. The monoisotopic (exact) mass is 504 g/mol. The molecule has 2 aliphatic rings. The molecule has 0 saturated carbocycles. The molecule has 1 atom stereocenters. The third-order valence-electron chi connectivity index (χ3n) is 4.90. The van der Waals surface area contributed by atoms with Gasteiger partial charge in [0.15, 0.2) is 5.96 Å². The Morgan fingerprint density at radius 2 is 2.04 bits per heavy atom. The number of guanidine groups is 1. The fourth-order valence-corrected chi connectivity index (χ4v) is 3.26. The number of ether oxygens (including phenoxy) is 3. The van der Waals surface area contributed by atoms with E-state index in [-0.39, 0.29) is 30.1 Å². The van der Waals surface area contributed by atoms with Crippen molar-refractivity contribution in [3.05, 3.63) is 29.3 Å². The standard InChI is InChI=1S/C20H32N4O3.HI/c1-16-3-4-17(19(13-16)27-18-5-10-26-15-18)14-23-20(21-2)22-6-7-24-8-11-25-12-9-24;/h3-4,13,18H,5-12,14-15H2,1-2H3,(H2,21,22,23);1H. The van der Waals surface area contributed by atoms with Crippen LogP contribution >= 0.6 is 24.0 Å². The Balaban J connectivity index is 0.00000280. The van der Waals surface area contributed by atoms with Crippen molar-refractivity contribution in [1.29, 1.82) is 0 Å². The second-order valence-corrected chi connectivity index (χ2v) is 7.02. The topological polar surface area (TPSA) is 67.4 Å². The fraction of sp³-hybridized carbons (Fsp3) is 0.650. The van der Waals surface area contributed by atoms with Crippen LogP contribution in [-0.2, 0) is 16.0 Å². The predicted molar refractivity (Wildman–Crippen MR) is 122 cm³/mol. The molecule has 0 spiro atoms. The van der Waals surface area contributed by atoms with E-state index in [4.69, 9.17) is 14.2 Å². The third kappa shape index (κ3) is 7.38. The van der Waals surface area contributed by atoms with Crippen molar-refractivity contribution in [2.24, 2.45) is 4.99 Å². The first-order chi connectivity index (χ1) is 13.2. The number of hydrogen-bond donors (Lipinski definition) is 2. The van der Waals surface area contributed by atoms with Gasteiger partial charge in [0.25, 0.3) is 0 Å². The Bertz CT molecular complexity index is 617. The summed E-state index contributed by atoms with van der Waals surface area (Å²) in [6, 6.07) is 6.34. The number of halogens is 1. The number of morpholine rings is 1. The summed E-state index contributed by atoms with van der Waals surface area (Å²) < 4.78 is 17.0. The van der Waals surface area contributed by atoms with Gasteiger partial charge in [-0.1, -0.05) is 12.1 Å². The lowest BCUT2D eigenvalue weighted by Gasteiger charge is -2.26. The second kappa shape index (κ2) is 12.5. The maximum Gasteiger partial charge on any atom is 0.191 e. The minimum absolute atomic E-state index is 0. The lowest BCUT2D eigenvalue weighted by molar-refractivity contribution is 0.0389. The summed E-state index contributed by atoms with van der Waals surface area (Å²) in [7, 11) is 1.80. The Morgan fingerprint density at radius 3 is 2.75 bits per heavy atom. The molecule has 2 aliphatic heterocycles. The number of nitrogens with one attached hydrogen (secondary N) is 2. The maximum absolute atomic E-state index is 6.17. The lowest BCUT2D eigenvalue weighted by Crippen LogP contribution is -2.44. The molecule has 2 heterocycles. The lowest BCUT2D eigenvalue weighted by atomic mass is 10.1. The van der Waals surface area contributed by atoms with Crippen LogP contribution in [0.4, 0.5) is 0 Å². The van der Waals surface area contributed by atoms with Crippen LogP contribution in [0, 0.1) is 6.92 Å². The second-order valence-electron chi connectivity index (χ2n) is 7.02. The fourth-order valence-electron chi connectivity index (χ4n) is 3.26. The zero-order chi connectivity index (χ0) is 18.9. The summed E-state index contributed by atoms with van der Waals surface area (Å²) in [5, 5.41) is 6.78. The van der Waals surface area contributed by atoms with Gasteiger partial charge in [-0.15, -0.1) is 24.0 Å². The first kappa shape index (κ1) is 23.2. The molecule has 158 valence electrons. The van der Waals surface area contributed by atoms with Gasteiger partial charge in [0, 0.05) is 51.8 Å². The molecule has 3 rings (SSSR count). The van der Waals surface area contributed by atoms with Crippen LogP contribution in [0.3, 0.4) is 0 Å². The van der Waals surface area contributed by atoms with Crippen molar-refractivity contribution in [2.75, 3.05) is 59.7 Å². The summed E-state index contributed by atoms with van der Waals surface area (Å²) in [5.41, 5.74) is 2.32. The summed E-state index contributed by atoms with van der Waals surface area (Å²) in [4.78, 5) is 6.73. The number of aliphatic imine (C=N–C) groups is 1. The van der Waals surface area contributed by atoms with Crippen molar-refractivity contribution < 1.29 is 14.2 Å². The molecule has 28 heavy (non-hydrogen) atoms. The molecule has 0 amide bonds. The van der Waals surface area contributed by atoms with E-state index in [1.807, 2.05) is 0 Å². The van der Waals surface area contributed by atoms with E-state index in [1.165, 1.54) is 5.56 Å². The van der Waals surface area contributed by atoms with Gasteiger partial charge in [0.1, 0.15) is 11.9 Å². The average Bonchev–Trinajstić information content (AvgIpc) is 3.19. The quantitative estimate of drug-likeness (QED) is 0.336. The molecule has 7 nitrogen and oxygen atoms in total. The van der Waals surface area contributed by atoms with E-state index in [2.05, 4.69) is 45.6 Å². The predicted octanol–water partition coefficient (Wildman–Crippen LogP) is 1.78. The molecule has 0 aliphatic carbocycles. The molecule has 0 bridgehead atoms. The molecule has 2 fully saturated rings. The molecule has 1 unspecified atom stereocenters. The van der Waals surface area contributed by atoms with E-state index in [9.17, 15) is 0 Å². The normalized spacial score (nSPS) is 20.5. The summed E-state index contributed by atoms with van der Waals surface area (Å²) >= 11 is 0. The van der Waals surface area contributed by atoms with Crippen LogP contribution in [-0.4, -0.2) is 76.6 Å². The van der Waals surface area contributed by atoms with Gasteiger partial charge in [-0.05, 0) is 18.6 Å². The van der Waals surface area contributed by atoms with Crippen molar-refractivity contribution in [3.63, 3.8) is 0 Å². The first-order valence-corrected chi connectivity index (χ1v) is 9.83. The van der Waals surface area contributed by atoms with Gasteiger partial charge >= 0.3 is 0 Å². The van der Waals surface area contributed by atoms with Gasteiger partial charge < -0.3 is 24.8 Å². The SMILES string of the molecule is CN=C(NCCN1CCOCC1)NCc1ccc(C)cc1OC1CCOC1.I. The Labute approximate surface area is 185 Å². The highest BCUT2D eigenvalue weighted by atomic mass is 127. The van der Waals surface area contributed by atoms with Crippen LogP contribution in [0.25, 0.3) is 0 Å². The molecule has 1 aromatic rings. The van der Waals surface area contributed by atoms with Gasteiger partial charge in [0.05, 0.1) is 26.4 Å². The number of aryl methyl sites for hydroxylation is 1. The van der Waals surface area contributed by atoms with E-state index in [0.717, 1.165) is 69.7 Å². The van der Waals surface area contributed by atoms with E-state index in [1.54, 1.807) is 7.05 Å². The first-order valence-electron chi connectivity index (χ1n) is 9.83. The largest absolute Gasteiger partial charge is 0.488 e. The highest BCUT2D eigenvalue weighted by molar-refractivity contribution is 14.0. The van der Waals surface area contributed by atoms with Crippen LogP contribution in [0.5, 0.6) is 5.75 Å². The Kier molecular flexibility index (Phi) is 10.3. The zero-order valence-electron chi connectivity index (χ0n) is 16.9. The summed E-state index contributed by atoms with van der Waals surface area (Å²) in [5.74, 6) is 1.74. The van der Waals surface area contributed by atoms with Gasteiger partial charge in [-0.2, -0.15) is 0 Å². The molecule has 2 saturated heterocycles. The van der Waals surface area contributed by atoms with E-state index in [0.29, 0.717) is 13.2 Å². The zero-order valence-corrected chi connectivity index (χ0v) is 19.2. The maximum atomic E-state index is 6.17. The van der Waals surface area contributed by atoms with Crippen molar-refractivity contribution in [3.8, 4) is 5.75 Å². The number of nitrogens with zero attached hydrogens (tertiary/aromatic N) is 2. The van der Waals surface area contributed by atoms with Crippen molar-refractivity contribution in [1.82, 2.24) is 15.5 Å². The number of benzene rings is 1. The Hall–Kier alpha value is -1.10. The van der Waals surface area contributed by atoms with Crippen LogP contribution in [0.1, 0.15) is 17.5 Å². The molecule has 2 N–H and O–H groups in total. The molecule has 8 heteroatoms. The van der Waals surface area contributed by atoms with Gasteiger partial charge in [-0.25, -0.2) is 0 Å². The number of hydrogen-bond acceptors (Lipinski definition) is 5. The molecular formula is C20H33IN4O3. The highest BCUT2D eigenvalue weighted by Crippen LogP contribution is 2.23. The van der Waals surface area contributed by atoms with Crippen LogP contribution in [0.15, 0.2) is 23.2 Å². The Morgan fingerprint density at radius 1 is 1.21 bits per heavy atom.